The monoisotopic (exact) mass is 574 g/mol. The molecule has 1 aromatic rings. The van der Waals surface area contributed by atoms with Crippen LogP contribution in [-0.4, -0.2) is 82.2 Å². The van der Waals surface area contributed by atoms with Gasteiger partial charge < -0.3 is 37.0 Å². The standard InChI is InChI=1S/C28H42N6O7/c1-6-15(2)23(24(29)37)33-27(40)22-8-7-13-34(22)28(41)21(14-19-9-11-20(36)12-10-19)32-26(39)17(4)31-25(38)16(3)30-18(5)35/h9-12,15-17,21-23,36H,6-8,13-14H2,1-5H3,(H2,29,37)(H,30,35)(H,31,38)(H,32,39)(H,33,40)/t15-,16-,17-,21+,22-,23-/m0/s1. The molecule has 1 aliphatic heterocycles. The maximum atomic E-state index is 13.8. The molecular formula is C28H42N6O7. The Morgan fingerprint density at radius 1 is 0.951 bits per heavy atom. The number of aromatic hydroxyl groups is 1. The number of likely N-dealkylation sites (tertiary alicyclic amines) is 1. The van der Waals surface area contributed by atoms with Crippen molar-refractivity contribution in [2.75, 3.05) is 6.54 Å². The van der Waals surface area contributed by atoms with Gasteiger partial charge in [-0.3, -0.25) is 28.8 Å². The van der Waals surface area contributed by atoms with E-state index in [0.29, 0.717) is 24.8 Å². The number of rotatable bonds is 13. The number of primary amides is 1. The van der Waals surface area contributed by atoms with Gasteiger partial charge in [0, 0.05) is 19.9 Å². The molecule has 0 unspecified atom stereocenters. The molecule has 0 saturated carbocycles. The van der Waals surface area contributed by atoms with Crippen LogP contribution in [-0.2, 0) is 35.2 Å². The van der Waals surface area contributed by atoms with Gasteiger partial charge in [0.1, 0.15) is 36.0 Å². The highest BCUT2D eigenvalue weighted by atomic mass is 16.3. The summed E-state index contributed by atoms with van der Waals surface area (Å²) in [5, 5.41) is 20.0. The number of nitrogens with one attached hydrogen (secondary N) is 4. The van der Waals surface area contributed by atoms with E-state index in [1.165, 1.54) is 37.8 Å². The Kier molecular flexibility index (Phi) is 12.1. The number of phenolic OH excluding ortho intramolecular Hbond substituents is 1. The van der Waals surface area contributed by atoms with E-state index in [1.807, 2.05) is 6.92 Å². The maximum absolute atomic E-state index is 13.8. The van der Waals surface area contributed by atoms with Crippen LogP contribution in [0.2, 0.25) is 0 Å². The average Bonchev–Trinajstić information content (AvgIpc) is 3.41. The van der Waals surface area contributed by atoms with E-state index in [9.17, 15) is 33.9 Å². The second kappa shape index (κ2) is 15.0. The molecule has 1 saturated heterocycles. The van der Waals surface area contributed by atoms with E-state index in [1.54, 1.807) is 19.1 Å². The lowest BCUT2D eigenvalue weighted by atomic mass is 9.98. The summed E-state index contributed by atoms with van der Waals surface area (Å²) in [5.74, 6) is -3.46. The third kappa shape index (κ3) is 9.47. The Morgan fingerprint density at radius 2 is 1.54 bits per heavy atom. The van der Waals surface area contributed by atoms with Crippen molar-refractivity contribution < 1.29 is 33.9 Å². The third-order valence-corrected chi connectivity index (χ3v) is 7.21. The molecule has 0 aromatic heterocycles. The summed E-state index contributed by atoms with van der Waals surface area (Å²) in [6, 6.07) is 1.37. The molecule has 0 aliphatic carbocycles. The van der Waals surface area contributed by atoms with Gasteiger partial charge in [-0.25, -0.2) is 0 Å². The first kappa shape index (κ1) is 33.0. The number of hydrogen-bond acceptors (Lipinski definition) is 7. The fraction of sp³-hybridized carbons (Fsp3) is 0.571. The van der Waals surface area contributed by atoms with E-state index >= 15 is 0 Å². The number of benzene rings is 1. The van der Waals surface area contributed by atoms with E-state index in [0.717, 1.165) is 0 Å². The van der Waals surface area contributed by atoms with Gasteiger partial charge in [0.25, 0.3) is 0 Å². The Bertz CT molecular complexity index is 1130. The number of hydrogen-bond donors (Lipinski definition) is 6. The molecule has 7 N–H and O–H groups in total. The molecule has 0 radical (unpaired) electrons. The zero-order valence-electron chi connectivity index (χ0n) is 24.2. The zero-order chi connectivity index (χ0) is 30.9. The lowest BCUT2D eigenvalue weighted by molar-refractivity contribution is -0.142. The SMILES string of the molecule is CC[C@H](C)[C@H](NC(=O)[C@@H]1CCCN1C(=O)[C@@H](Cc1ccc(O)cc1)NC(=O)[C@H](C)NC(=O)[C@H](C)NC(C)=O)C(N)=O. The largest absolute Gasteiger partial charge is 0.508 e. The maximum Gasteiger partial charge on any atom is 0.246 e. The Hall–Kier alpha value is -4.16. The summed E-state index contributed by atoms with van der Waals surface area (Å²) in [7, 11) is 0. The first-order chi connectivity index (χ1) is 19.2. The number of carbonyl (C=O) groups is 6. The highest BCUT2D eigenvalue weighted by Gasteiger charge is 2.39. The summed E-state index contributed by atoms with van der Waals surface area (Å²) in [6.45, 7) is 8.13. The van der Waals surface area contributed by atoms with Crippen LogP contribution in [0.25, 0.3) is 0 Å². The lowest BCUT2D eigenvalue weighted by Crippen LogP contribution is -2.59. The summed E-state index contributed by atoms with van der Waals surface area (Å²) in [5.41, 5.74) is 6.15. The predicted molar refractivity (Wildman–Crippen MR) is 150 cm³/mol. The van der Waals surface area contributed by atoms with Gasteiger partial charge in [0.2, 0.25) is 35.4 Å². The lowest BCUT2D eigenvalue weighted by Gasteiger charge is -2.31. The van der Waals surface area contributed by atoms with Gasteiger partial charge in [-0.2, -0.15) is 0 Å². The molecule has 13 heteroatoms. The first-order valence-corrected chi connectivity index (χ1v) is 13.8. The summed E-state index contributed by atoms with van der Waals surface area (Å²) in [6.07, 6.45) is 1.58. The highest BCUT2D eigenvalue weighted by molar-refractivity contribution is 5.96. The number of carbonyl (C=O) groups excluding carboxylic acids is 6. The topological polar surface area (TPSA) is 200 Å². The summed E-state index contributed by atoms with van der Waals surface area (Å²) < 4.78 is 0. The number of phenols is 1. The van der Waals surface area contributed by atoms with Crippen LogP contribution in [0.4, 0.5) is 0 Å². The van der Waals surface area contributed by atoms with Crippen molar-refractivity contribution in [3.63, 3.8) is 0 Å². The summed E-state index contributed by atoms with van der Waals surface area (Å²) >= 11 is 0. The second-order valence-electron chi connectivity index (χ2n) is 10.5. The molecule has 0 bridgehead atoms. The Labute approximate surface area is 240 Å². The van der Waals surface area contributed by atoms with Crippen molar-refractivity contribution in [2.45, 2.75) is 90.5 Å². The first-order valence-electron chi connectivity index (χ1n) is 13.8. The van der Waals surface area contributed by atoms with Gasteiger partial charge in [-0.1, -0.05) is 32.4 Å². The van der Waals surface area contributed by atoms with E-state index in [2.05, 4.69) is 21.3 Å². The molecule has 1 fully saturated rings. The molecule has 226 valence electrons. The van der Waals surface area contributed by atoms with Gasteiger partial charge >= 0.3 is 0 Å². The molecule has 1 aromatic carbocycles. The van der Waals surface area contributed by atoms with E-state index in [-0.39, 0.29) is 24.6 Å². The van der Waals surface area contributed by atoms with Gasteiger partial charge in [0.15, 0.2) is 0 Å². The molecular weight excluding hydrogens is 532 g/mol. The molecule has 2 rings (SSSR count). The number of nitrogens with zero attached hydrogens (tertiary/aromatic N) is 1. The predicted octanol–water partition coefficient (Wildman–Crippen LogP) is -0.544. The molecule has 6 amide bonds. The van der Waals surface area contributed by atoms with Crippen molar-refractivity contribution in [3.8, 4) is 5.75 Å². The van der Waals surface area contributed by atoms with Crippen LogP contribution in [0.5, 0.6) is 5.75 Å². The minimum Gasteiger partial charge on any atom is -0.508 e. The normalized spacial score (nSPS) is 18.3. The van der Waals surface area contributed by atoms with Crippen molar-refractivity contribution in [1.29, 1.82) is 0 Å². The minimum atomic E-state index is -1.10. The van der Waals surface area contributed by atoms with Crippen LogP contribution in [0, 0.1) is 5.92 Å². The second-order valence-corrected chi connectivity index (χ2v) is 10.5. The van der Waals surface area contributed by atoms with E-state index < -0.39 is 65.7 Å². The van der Waals surface area contributed by atoms with Gasteiger partial charge in [0.05, 0.1) is 0 Å². The van der Waals surface area contributed by atoms with E-state index in [4.69, 9.17) is 5.73 Å². The number of amides is 6. The molecule has 0 spiro atoms. The Morgan fingerprint density at radius 3 is 2.10 bits per heavy atom. The fourth-order valence-corrected chi connectivity index (χ4v) is 4.62. The quantitative estimate of drug-likeness (QED) is 0.182. The summed E-state index contributed by atoms with van der Waals surface area (Å²) in [4.78, 5) is 77.1. The Balaban J connectivity index is 2.23. The van der Waals surface area contributed by atoms with Crippen LogP contribution in [0.15, 0.2) is 24.3 Å². The van der Waals surface area contributed by atoms with Crippen LogP contribution < -0.4 is 27.0 Å². The fourth-order valence-electron chi connectivity index (χ4n) is 4.62. The van der Waals surface area contributed by atoms with Crippen molar-refractivity contribution in [1.82, 2.24) is 26.2 Å². The minimum absolute atomic E-state index is 0.0341. The van der Waals surface area contributed by atoms with Gasteiger partial charge in [-0.05, 0) is 50.3 Å². The highest BCUT2D eigenvalue weighted by Crippen LogP contribution is 2.21. The van der Waals surface area contributed by atoms with Crippen molar-refractivity contribution >= 4 is 35.4 Å². The molecule has 1 aliphatic rings. The zero-order valence-corrected chi connectivity index (χ0v) is 24.2. The smallest absolute Gasteiger partial charge is 0.246 e. The van der Waals surface area contributed by atoms with Gasteiger partial charge in [-0.15, -0.1) is 0 Å². The molecule has 41 heavy (non-hydrogen) atoms. The van der Waals surface area contributed by atoms with Crippen LogP contribution >= 0.6 is 0 Å². The average molecular weight is 575 g/mol. The van der Waals surface area contributed by atoms with Crippen molar-refractivity contribution in [3.05, 3.63) is 29.8 Å². The third-order valence-electron chi connectivity index (χ3n) is 7.21. The molecule has 13 nitrogen and oxygen atoms in total. The molecule has 6 atom stereocenters. The van der Waals surface area contributed by atoms with Crippen LogP contribution in [0.3, 0.4) is 0 Å². The number of nitrogens with two attached hydrogens (primary N) is 1. The van der Waals surface area contributed by atoms with Crippen molar-refractivity contribution in [2.24, 2.45) is 11.7 Å². The molecule has 1 heterocycles. The van der Waals surface area contributed by atoms with Crippen LogP contribution in [0.1, 0.15) is 59.4 Å².